The summed E-state index contributed by atoms with van der Waals surface area (Å²) in [5.41, 5.74) is 9.69. The van der Waals surface area contributed by atoms with E-state index >= 15 is 0 Å². The van der Waals surface area contributed by atoms with E-state index in [1.165, 1.54) is 36.8 Å². The lowest BCUT2D eigenvalue weighted by atomic mass is 9.92. The Labute approximate surface area is 129 Å². The summed E-state index contributed by atoms with van der Waals surface area (Å²) in [5.74, 6) is 1.93. The Bertz CT molecular complexity index is 450. The van der Waals surface area contributed by atoms with Gasteiger partial charge in [0.05, 0.1) is 5.69 Å². The molecule has 0 unspecified atom stereocenters. The van der Waals surface area contributed by atoms with E-state index in [0.29, 0.717) is 6.54 Å². The fourth-order valence-corrected chi connectivity index (χ4v) is 3.55. The molecule has 0 radical (unpaired) electrons. The topological polar surface area (TPSA) is 55.0 Å². The maximum Gasteiger partial charge on any atom is 0.156 e. The quantitative estimate of drug-likeness (QED) is 0.875. The highest BCUT2D eigenvalue weighted by Crippen LogP contribution is 2.29. The van der Waals surface area contributed by atoms with Crippen LogP contribution < -0.4 is 10.6 Å². The highest BCUT2D eigenvalue weighted by molar-refractivity contribution is 5.51. The summed E-state index contributed by atoms with van der Waals surface area (Å²) in [6.07, 6.45) is 7.13. The largest absolute Gasteiger partial charge is 0.355 e. The zero-order chi connectivity index (χ0) is 15.2. The van der Waals surface area contributed by atoms with E-state index in [1.54, 1.807) is 0 Å². The minimum Gasteiger partial charge on any atom is -0.355 e. The van der Waals surface area contributed by atoms with Crippen molar-refractivity contribution in [2.24, 2.45) is 11.7 Å². The Kier molecular flexibility index (Phi) is 5.97. The van der Waals surface area contributed by atoms with Crippen molar-refractivity contribution < 1.29 is 0 Å². The summed E-state index contributed by atoms with van der Waals surface area (Å²) in [4.78, 5) is 2.40. The van der Waals surface area contributed by atoms with Crippen LogP contribution in [-0.2, 0) is 19.4 Å². The molecule has 0 aliphatic carbocycles. The summed E-state index contributed by atoms with van der Waals surface area (Å²) in [6.45, 7) is 9.37. The molecular weight excluding hydrogens is 260 g/mol. The molecule has 4 heteroatoms. The summed E-state index contributed by atoms with van der Waals surface area (Å²) in [5, 5.41) is 8.98. The molecule has 1 aromatic heterocycles. The maximum absolute atomic E-state index is 6.04. The van der Waals surface area contributed by atoms with Gasteiger partial charge in [-0.05, 0) is 37.2 Å². The molecule has 4 nitrogen and oxygen atoms in total. The third-order valence-electron chi connectivity index (χ3n) is 4.75. The van der Waals surface area contributed by atoms with Crippen molar-refractivity contribution >= 4 is 5.82 Å². The third-order valence-corrected chi connectivity index (χ3v) is 4.75. The first kappa shape index (κ1) is 16.2. The van der Waals surface area contributed by atoms with Gasteiger partial charge in [0, 0.05) is 25.2 Å². The number of hydrogen-bond acceptors (Lipinski definition) is 4. The van der Waals surface area contributed by atoms with Crippen LogP contribution in [0.3, 0.4) is 0 Å². The molecule has 0 bridgehead atoms. The number of hydrogen-bond donors (Lipinski definition) is 1. The van der Waals surface area contributed by atoms with E-state index in [2.05, 4.69) is 35.9 Å². The predicted molar refractivity (Wildman–Crippen MR) is 88.5 cm³/mol. The van der Waals surface area contributed by atoms with Crippen LogP contribution in [0.4, 0.5) is 5.82 Å². The van der Waals surface area contributed by atoms with Crippen LogP contribution >= 0.6 is 0 Å². The molecule has 1 fully saturated rings. The molecule has 2 heterocycles. The van der Waals surface area contributed by atoms with E-state index < -0.39 is 0 Å². The first-order valence-corrected chi connectivity index (χ1v) is 8.57. The minimum atomic E-state index is 0.565. The van der Waals surface area contributed by atoms with Gasteiger partial charge in [0.1, 0.15) is 0 Å². The summed E-state index contributed by atoms with van der Waals surface area (Å²) < 4.78 is 0. The molecule has 118 valence electrons. The third kappa shape index (κ3) is 3.54. The molecule has 21 heavy (non-hydrogen) atoms. The fourth-order valence-electron chi connectivity index (χ4n) is 3.55. The average Bonchev–Trinajstić information content (AvgIpc) is 2.54. The minimum absolute atomic E-state index is 0.565. The number of nitrogens with zero attached hydrogens (tertiary/aromatic N) is 3. The van der Waals surface area contributed by atoms with Crippen molar-refractivity contribution in [1.29, 1.82) is 0 Å². The number of aryl methyl sites for hydroxylation is 1. The molecule has 0 spiro atoms. The van der Waals surface area contributed by atoms with Gasteiger partial charge < -0.3 is 10.6 Å². The molecule has 1 aromatic rings. The van der Waals surface area contributed by atoms with Gasteiger partial charge in [0.2, 0.25) is 0 Å². The summed E-state index contributed by atoms with van der Waals surface area (Å²) >= 11 is 0. The molecule has 0 atom stereocenters. The monoisotopic (exact) mass is 290 g/mol. The Morgan fingerprint density at radius 2 is 1.76 bits per heavy atom. The van der Waals surface area contributed by atoms with Gasteiger partial charge in [0.25, 0.3) is 0 Å². The molecule has 1 aliphatic rings. The first-order valence-electron chi connectivity index (χ1n) is 8.57. The molecule has 0 saturated carbocycles. The number of anilines is 1. The van der Waals surface area contributed by atoms with Crippen LogP contribution in [0, 0.1) is 5.92 Å². The SMILES string of the molecule is CCCC1CCN(c2nnc(CC)c(CC)c2CN)CC1. The summed E-state index contributed by atoms with van der Waals surface area (Å²) in [7, 11) is 0. The molecule has 2 rings (SSSR count). The van der Waals surface area contributed by atoms with Crippen molar-refractivity contribution in [1.82, 2.24) is 10.2 Å². The van der Waals surface area contributed by atoms with Crippen molar-refractivity contribution in [3.05, 3.63) is 16.8 Å². The lowest BCUT2D eigenvalue weighted by Crippen LogP contribution is -2.35. The van der Waals surface area contributed by atoms with Gasteiger partial charge >= 0.3 is 0 Å². The Morgan fingerprint density at radius 3 is 2.29 bits per heavy atom. The van der Waals surface area contributed by atoms with E-state index in [4.69, 9.17) is 5.73 Å². The van der Waals surface area contributed by atoms with Gasteiger partial charge in [0.15, 0.2) is 5.82 Å². The van der Waals surface area contributed by atoms with Gasteiger partial charge in [-0.3, -0.25) is 0 Å². The highest BCUT2D eigenvalue weighted by Gasteiger charge is 2.23. The number of rotatable bonds is 6. The van der Waals surface area contributed by atoms with Crippen LogP contribution in [0.1, 0.15) is 63.3 Å². The first-order chi connectivity index (χ1) is 10.2. The number of nitrogens with two attached hydrogens (primary N) is 1. The van der Waals surface area contributed by atoms with E-state index in [0.717, 1.165) is 43.4 Å². The van der Waals surface area contributed by atoms with Gasteiger partial charge in [-0.1, -0.05) is 33.6 Å². The fraction of sp³-hybridized carbons (Fsp3) is 0.765. The smallest absolute Gasteiger partial charge is 0.156 e. The van der Waals surface area contributed by atoms with Crippen molar-refractivity contribution in [2.45, 2.75) is 65.8 Å². The van der Waals surface area contributed by atoms with Gasteiger partial charge in [-0.2, -0.15) is 5.10 Å². The Morgan fingerprint density at radius 1 is 1.05 bits per heavy atom. The second-order valence-corrected chi connectivity index (χ2v) is 6.06. The number of aromatic nitrogens is 2. The maximum atomic E-state index is 6.04. The zero-order valence-electron chi connectivity index (χ0n) is 13.9. The molecular formula is C17H30N4. The second-order valence-electron chi connectivity index (χ2n) is 6.06. The second kappa shape index (κ2) is 7.74. The van der Waals surface area contributed by atoms with Crippen molar-refractivity contribution in [3.63, 3.8) is 0 Å². The highest BCUT2D eigenvalue weighted by atomic mass is 15.3. The lowest BCUT2D eigenvalue weighted by Gasteiger charge is -2.34. The lowest BCUT2D eigenvalue weighted by molar-refractivity contribution is 0.376. The van der Waals surface area contributed by atoms with Crippen LogP contribution in [0.2, 0.25) is 0 Å². The predicted octanol–water partition coefficient (Wildman–Crippen LogP) is 3.08. The molecule has 2 N–H and O–H groups in total. The molecule has 1 saturated heterocycles. The average molecular weight is 290 g/mol. The summed E-state index contributed by atoms with van der Waals surface area (Å²) in [6, 6.07) is 0. The van der Waals surface area contributed by atoms with Gasteiger partial charge in [-0.25, -0.2) is 0 Å². The van der Waals surface area contributed by atoms with Crippen molar-refractivity contribution in [2.75, 3.05) is 18.0 Å². The van der Waals surface area contributed by atoms with E-state index in [1.807, 2.05) is 0 Å². The van der Waals surface area contributed by atoms with Crippen molar-refractivity contribution in [3.8, 4) is 0 Å². The standard InChI is InChI=1S/C17H30N4/c1-4-7-13-8-10-21(11-9-13)17-15(12-18)14(5-2)16(6-3)19-20-17/h13H,4-12,18H2,1-3H3. The zero-order valence-corrected chi connectivity index (χ0v) is 13.9. The Balaban J connectivity index is 2.20. The van der Waals surface area contributed by atoms with Crippen LogP contribution in [0.15, 0.2) is 0 Å². The van der Waals surface area contributed by atoms with E-state index in [-0.39, 0.29) is 0 Å². The normalized spacial score (nSPS) is 16.5. The molecule has 1 aliphatic heterocycles. The van der Waals surface area contributed by atoms with Crippen LogP contribution in [0.25, 0.3) is 0 Å². The van der Waals surface area contributed by atoms with Crippen LogP contribution in [-0.4, -0.2) is 23.3 Å². The Hall–Kier alpha value is -1.16. The van der Waals surface area contributed by atoms with Gasteiger partial charge in [-0.15, -0.1) is 5.10 Å². The van der Waals surface area contributed by atoms with Crippen LogP contribution in [0.5, 0.6) is 0 Å². The van der Waals surface area contributed by atoms with E-state index in [9.17, 15) is 0 Å². The molecule has 0 amide bonds. The molecule has 0 aromatic carbocycles. The number of piperidine rings is 1.